The summed E-state index contributed by atoms with van der Waals surface area (Å²) < 4.78 is 6.98. The highest BCUT2D eigenvalue weighted by Gasteiger charge is 2.29. The van der Waals surface area contributed by atoms with Gasteiger partial charge in [-0.3, -0.25) is 19.2 Å². The Hall–Kier alpha value is -4.31. The largest absolute Gasteiger partial charge is 0.483 e. The van der Waals surface area contributed by atoms with E-state index in [9.17, 15) is 19.2 Å². The number of hydrogen-bond acceptors (Lipinski definition) is 6. The van der Waals surface area contributed by atoms with Crippen molar-refractivity contribution in [1.82, 2.24) is 15.2 Å². The lowest BCUT2D eigenvalue weighted by atomic mass is 10.0. The Kier molecular flexibility index (Phi) is 8.06. The van der Waals surface area contributed by atoms with Gasteiger partial charge in [-0.15, -0.1) is 0 Å². The fraction of sp³-hybridized carbons (Fsp3) is 0.310. The van der Waals surface area contributed by atoms with Crippen LogP contribution < -0.4 is 31.6 Å². The van der Waals surface area contributed by atoms with E-state index in [1.165, 1.54) is 4.57 Å². The van der Waals surface area contributed by atoms with E-state index < -0.39 is 17.5 Å². The topological polar surface area (TPSA) is 131 Å². The average molecular weight is 564 g/mol. The summed E-state index contributed by atoms with van der Waals surface area (Å²) in [5.74, 6) is -0.508. The maximum absolute atomic E-state index is 13.2. The van der Waals surface area contributed by atoms with E-state index in [0.717, 1.165) is 18.4 Å². The minimum atomic E-state index is -0.526. The molecule has 1 fully saturated rings. The molecule has 208 valence electrons. The Bertz CT molecular complexity index is 1500. The second-order valence-electron chi connectivity index (χ2n) is 10.0. The molecule has 10 nitrogen and oxygen atoms in total. The first kappa shape index (κ1) is 27.3. The van der Waals surface area contributed by atoms with Crippen LogP contribution in [-0.4, -0.2) is 41.0 Å². The first-order chi connectivity index (χ1) is 19.3. The number of amides is 3. The summed E-state index contributed by atoms with van der Waals surface area (Å²) in [6.07, 6.45) is 2.43. The molecule has 1 unspecified atom stereocenters. The van der Waals surface area contributed by atoms with Crippen LogP contribution in [0.25, 0.3) is 0 Å². The molecule has 1 atom stereocenters. The normalized spacial score (nSPS) is 15.8. The predicted molar refractivity (Wildman–Crippen MR) is 152 cm³/mol. The molecular formula is C29H30ClN5O5. The van der Waals surface area contributed by atoms with Gasteiger partial charge in [0.2, 0.25) is 11.8 Å². The fourth-order valence-corrected chi connectivity index (χ4v) is 4.71. The van der Waals surface area contributed by atoms with Gasteiger partial charge in [-0.2, -0.15) is 0 Å². The van der Waals surface area contributed by atoms with E-state index in [-0.39, 0.29) is 43.2 Å². The number of pyridine rings is 1. The Morgan fingerprint density at radius 3 is 2.60 bits per heavy atom. The van der Waals surface area contributed by atoms with E-state index in [1.807, 2.05) is 30.3 Å². The molecule has 4 N–H and O–H groups in total. The number of halogens is 1. The number of anilines is 2. The van der Waals surface area contributed by atoms with E-state index in [2.05, 4.69) is 21.3 Å². The molecule has 0 radical (unpaired) electrons. The molecule has 1 aliphatic carbocycles. The highest BCUT2D eigenvalue weighted by Crippen LogP contribution is 2.26. The fourth-order valence-electron chi connectivity index (χ4n) is 4.52. The van der Waals surface area contributed by atoms with Crippen molar-refractivity contribution in [3.63, 3.8) is 0 Å². The molecule has 1 aromatic heterocycles. The number of ether oxygens (including phenoxy) is 1. The van der Waals surface area contributed by atoms with Gasteiger partial charge in [0.25, 0.3) is 11.5 Å². The number of benzene rings is 2. The minimum Gasteiger partial charge on any atom is -0.483 e. The average Bonchev–Trinajstić information content (AvgIpc) is 3.75. The van der Waals surface area contributed by atoms with Gasteiger partial charge in [-0.05, 0) is 49.6 Å². The lowest BCUT2D eigenvalue weighted by Crippen LogP contribution is -2.44. The summed E-state index contributed by atoms with van der Waals surface area (Å²) in [5.41, 5.74) is 2.31. The summed E-state index contributed by atoms with van der Waals surface area (Å²) in [6, 6.07) is 16.0. The summed E-state index contributed by atoms with van der Waals surface area (Å²) in [7, 11) is 0. The van der Waals surface area contributed by atoms with Crippen molar-refractivity contribution in [1.29, 1.82) is 0 Å². The lowest BCUT2D eigenvalue weighted by Gasteiger charge is -2.27. The summed E-state index contributed by atoms with van der Waals surface area (Å²) in [6.45, 7) is 1.42. The van der Waals surface area contributed by atoms with Gasteiger partial charge < -0.3 is 30.6 Å². The lowest BCUT2D eigenvalue weighted by molar-refractivity contribution is -0.123. The van der Waals surface area contributed by atoms with Crippen molar-refractivity contribution in [2.75, 3.05) is 17.2 Å². The first-order valence-corrected chi connectivity index (χ1v) is 13.5. The van der Waals surface area contributed by atoms with Crippen LogP contribution in [0.2, 0.25) is 5.02 Å². The minimum absolute atomic E-state index is 0.0805. The highest BCUT2D eigenvalue weighted by atomic mass is 35.5. The summed E-state index contributed by atoms with van der Waals surface area (Å²) in [5, 5.41) is 12.0. The number of aryl methyl sites for hydroxylation is 1. The molecule has 2 aromatic carbocycles. The number of carbonyl (C=O) groups excluding carboxylic acids is 3. The maximum atomic E-state index is 13.2. The Labute approximate surface area is 236 Å². The third kappa shape index (κ3) is 6.63. The molecule has 0 spiro atoms. The number of aromatic nitrogens is 1. The zero-order chi connectivity index (χ0) is 28.2. The number of fused-ring (bicyclic) bond motifs is 1. The van der Waals surface area contributed by atoms with Crippen molar-refractivity contribution >= 4 is 40.7 Å². The van der Waals surface area contributed by atoms with Crippen molar-refractivity contribution in [3.8, 4) is 5.75 Å². The standard InChI is InChI=1S/C29H30ClN5O5/c1-17-11-22-27(34-28(38)23(33-22)12-18-5-3-2-4-6-18)29(39)35(17)15-25(36)31-14-19-13-20(30)7-10-24(19)40-16-26(37)32-21-8-9-21/h2-7,10-11,13,21,23,33H,8-9,12,14-16H2,1H3,(H,31,36)(H,32,37)(H,34,38). The molecule has 1 saturated carbocycles. The quantitative estimate of drug-likeness (QED) is 0.300. The van der Waals surface area contributed by atoms with Crippen molar-refractivity contribution in [2.45, 2.75) is 51.4 Å². The predicted octanol–water partition coefficient (Wildman–Crippen LogP) is 2.76. The SMILES string of the molecule is Cc1cc2c(c(=O)n1CC(=O)NCc1cc(Cl)ccc1OCC(=O)NC1CC1)NC(=O)C(Cc1ccccc1)N2. The van der Waals surface area contributed by atoms with Crippen molar-refractivity contribution in [3.05, 3.63) is 86.8 Å². The van der Waals surface area contributed by atoms with Gasteiger partial charge in [-0.1, -0.05) is 41.9 Å². The maximum Gasteiger partial charge on any atom is 0.277 e. The molecule has 1 aliphatic heterocycles. The molecule has 0 saturated heterocycles. The first-order valence-electron chi connectivity index (χ1n) is 13.1. The van der Waals surface area contributed by atoms with Gasteiger partial charge in [0.05, 0.1) is 5.69 Å². The molecule has 2 heterocycles. The number of rotatable bonds is 10. The van der Waals surface area contributed by atoms with E-state index in [0.29, 0.717) is 34.1 Å². The number of carbonyl (C=O) groups is 3. The number of hydrogen-bond donors (Lipinski definition) is 4. The molecule has 40 heavy (non-hydrogen) atoms. The molecule has 11 heteroatoms. The van der Waals surface area contributed by atoms with Crippen LogP contribution in [0.15, 0.2) is 59.4 Å². The van der Waals surface area contributed by atoms with Gasteiger partial charge in [0, 0.05) is 35.3 Å². The van der Waals surface area contributed by atoms with Gasteiger partial charge in [0.1, 0.15) is 24.0 Å². The summed E-state index contributed by atoms with van der Waals surface area (Å²) >= 11 is 6.14. The molecular weight excluding hydrogens is 534 g/mol. The zero-order valence-corrected chi connectivity index (χ0v) is 22.7. The van der Waals surface area contributed by atoms with Crippen LogP contribution in [-0.2, 0) is 33.9 Å². The van der Waals surface area contributed by atoms with Crippen LogP contribution >= 0.6 is 11.6 Å². The third-order valence-electron chi connectivity index (χ3n) is 6.79. The molecule has 5 rings (SSSR count). The Balaban J connectivity index is 1.23. The van der Waals surface area contributed by atoms with Crippen molar-refractivity contribution < 1.29 is 19.1 Å². The number of nitrogens with zero attached hydrogens (tertiary/aromatic N) is 1. The van der Waals surface area contributed by atoms with Crippen LogP contribution in [0.4, 0.5) is 11.4 Å². The molecule has 2 aliphatic rings. The van der Waals surface area contributed by atoms with Crippen LogP contribution in [0, 0.1) is 6.92 Å². The molecule has 0 bridgehead atoms. The molecule has 3 amide bonds. The number of nitrogens with one attached hydrogen (secondary N) is 4. The van der Waals surface area contributed by atoms with Crippen LogP contribution in [0.1, 0.15) is 29.7 Å². The van der Waals surface area contributed by atoms with Gasteiger partial charge in [0.15, 0.2) is 6.61 Å². The van der Waals surface area contributed by atoms with E-state index in [4.69, 9.17) is 16.3 Å². The van der Waals surface area contributed by atoms with Gasteiger partial charge in [-0.25, -0.2) is 0 Å². The second kappa shape index (κ2) is 11.8. The Morgan fingerprint density at radius 1 is 1.07 bits per heavy atom. The van der Waals surface area contributed by atoms with Gasteiger partial charge >= 0.3 is 0 Å². The van der Waals surface area contributed by atoms with Crippen LogP contribution in [0.3, 0.4) is 0 Å². The van der Waals surface area contributed by atoms with E-state index >= 15 is 0 Å². The van der Waals surface area contributed by atoms with Crippen molar-refractivity contribution in [2.24, 2.45) is 0 Å². The summed E-state index contributed by atoms with van der Waals surface area (Å²) in [4.78, 5) is 50.9. The zero-order valence-electron chi connectivity index (χ0n) is 22.0. The second-order valence-corrected chi connectivity index (χ2v) is 10.4. The third-order valence-corrected chi connectivity index (χ3v) is 7.02. The van der Waals surface area contributed by atoms with Crippen LogP contribution in [0.5, 0.6) is 5.75 Å². The highest BCUT2D eigenvalue weighted by molar-refractivity contribution is 6.30. The van der Waals surface area contributed by atoms with E-state index in [1.54, 1.807) is 31.2 Å². The Morgan fingerprint density at radius 2 is 1.85 bits per heavy atom. The monoisotopic (exact) mass is 563 g/mol. The smallest absolute Gasteiger partial charge is 0.277 e. The molecule has 3 aromatic rings.